The van der Waals surface area contributed by atoms with E-state index in [1.807, 2.05) is 6.07 Å². The minimum atomic E-state index is -0.145. The van der Waals surface area contributed by atoms with Gasteiger partial charge in [-0.2, -0.15) is 5.10 Å². The van der Waals surface area contributed by atoms with Crippen molar-refractivity contribution in [3.8, 4) is 0 Å². The van der Waals surface area contributed by atoms with Gasteiger partial charge in [0.2, 0.25) is 0 Å². The van der Waals surface area contributed by atoms with Crippen molar-refractivity contribution in [1.29, 1.82) is 0 Å². The topological polar surface area (TPSA) is 59.0 Å². The van der Waals surface area contributed by atoms with Gasteiger partial charge in [0, 0.05) is 30.9 Å². The highest BCUT2D eigenvalue weighted by Gasteiger charge is 2.29. The fourth-order valence-corrected chi connectivity index (χ4v) is 3.40. The van der Waals surface area contributed by atoms with Crippen LogP contribution in [0.1, 0.15) is 69.6 Å². The zero-order valence-electron chi connectivity index (χ0n) is 17.3. The molecule has 27 heavy (non-hydrogen) atoms. The van der Waals surface area contributed by atoms with Crippen LogP contribution in [0.2, 0.25) is 0 Å². The molecule has 148 valence electrons. The highest BCUT2D eigenvalue weighted by Crippen LogP contribution is 2.21. The first-order valence-corrected chi connectivity index (χ1v) is 10.0. The normalized spacial score (nSPS) is 13.0. The van der Waals surface area contributed by atoms with Gasteiger partial charge in [-0.1, -0.05) is 58.0 Å². The lowest BCUT2D eigenvalue weighted by molar-refractivity contribution is 0.0922. The van der Waals surface area contributed by atoms with Crippen LogP contribution in [-0.4, -0.2) is 27.8 Å². The molecule has 0 aliphatic carbocycles. The lowest BCUT2D eigenvalue weighted by Gasteiger charge is -2.36. The van der Waals surface area contributed by atoms with Gasteiger partial charge >= 0.3 is 0 Å². The molecule has 5 nitrogen and oxygen atoms in total. The first-order valence-electron chi connectivity index (χ1n) is 10.0. The molecule has 0 aliphatic heterocycles. The predicted octanol–water partition coefficient (Wildman–Crippen LogP) is 4.18. The minimum absolute atomic E-state index is 0.0615. The van der Waals surface area contributed by atoms with E-state index in [1.54, 1.807) is 16.9 Å². The van der Waals surface area contributed by atoms with Crippen LogP contribution in [0.15, 0.2) is 42.6 Å². The summed E-state index contributed by atoms with van der Waals surface area (Å²) in [5.41, 5.74) is 1.74. The fourth-order valence-electron chi connectivity index (χ4n) is 3.40. The van der Waals surface area contributed by atoms with Crippen molar-refractivity contribution in [1.82, 2.24) is 20.4 Å². The van der Waals surface area contributed by atoms with Crippen LogP contribution in [0.5, 0.6) is 0 Å². The van der Waals surface area contributed by atoms with Crippen molar-refractivity contribution in [3.63, 3.8) is 0 Å². The number of hydrogen-bond donors (Lipinski definition) is 2. The van der Waals surface area contributed by atoms with Crippen molar-refractivity contribution >= 4 is 5.91 Å². The monoisotopic (exact) mass is 370 g/mol. The summed E-state index contributed by atoms with van der Waals surface area (Å²) in [5.74, 6) is 0.379. The van der Waals surface area contributed by atoms with Crippen LogP contribution in [0.3, 0.4) is 0 Å². The Morgan fingerprint density at radius 3 is 2.37 bits per heavy atom. The zero-order valence-corrected chi connectivity index (χ0v) is 17.3. The summed E-state index contributed by atoms with van der Waals surface area (Å²) < 4.78 is 1.79. The van der Waals surface area contributed by atoms with Gasteiger partial charge in [-0.25, -0.2) is 0 Å². The molecule has 0 bridgehead atoms. The van der Waals surface area contributed by atoms with E-state index in [-0.39, 0.29) is 17.5 Å². The Hall–Kier alpha value is -2.14. The first-order chi connectivity index (χ1) is 12.9. The summed E-state index contributed by atoms with van der Waals surface area (Å²) in [6.07, 6.45) is 3.57. The van der Waals surface area contributed by atoms with E-state index in [9.17, 15) is 4.79 Å². The number of carbonyl (C=O) groups excluding carboxylic acids is 1. The summed E-state index contributed by atoms with van der Waals surface area (Å²) in [6, 6.07) is 12.4. The molecule has 0 radical (unpaired) electrons. The Morgan fingerprint density at radius 2 is 1.78 bits per heavy atom. The Labute approximate surface area is 163 Å². The Bertz CT molecular complexity index is 704. The second-order valence-corrected chi connectivity index (χ2v) is 7.74. The van der Waals surface area contributed by atoms with Crippen molar-refractivity contribution in [3.05, 3.63) is 53.9 Å². The van der Waals surface area contributed by atoms with Gasteiger partial charge in [-0.05, 0) is 37.3 Å². The average molecular weight is 371 g/mol. The Morgan fingerprint density at radius 1 is 1.11 bits per heavy atom. The van der Waals surface area contributed by atoms with E-state index in [0.29, 0.717) is 18.2 Å². The number of rotatable bonds is 10. The number of carbonyl (C=O) groups is 1. The molecule has 5 heteroatoms. The Balaban J connectivity index is 2.05. The predicted molar refractivity (Wildman–Crippen MR) is 111 cm³/mol. The van der Waals surface area contributed by atoms with E-state index in [2.05, 4.69) is 74.6 Å². The molecule has 0 aliphatic rings. The molecule has 2 rings (SSSR count). The Kier molecular flexibility index (Phi) is 7.60. The van der Waals surface area contributed by atoms with Crippen molar-refractivity contribution in [2.45, 2.75) is 65.6 Å². The fraction of sp³-hybridized carbons (Fsp3) is 0.545. The molecule has 1 amide bonds. The van der Waals surface area contributed by atoms with Gasteiger partial charge in [0.1, 0.15) is 5.69 Å². The van der Waals surface area contributed by atoms with E-state index in [0.717, 1.165) is 19.4 Å². The third kappa shape index (κ3) is 5.67. The third-order valence-electron chi connectivity index (χ3n) is 5.25. The summed E-state index contributed by atoms with van der Waals surface area (Å²) in [7, 11) is 0. The molecule has 1 heterocycles. The lowest BCUT2D eigenvalue weighted by atomic mass is 9.90. The molecule has 0 saturated heterocycles. The molecular formula is C22H34N4O. The SMILES string of the molecule is CCC(CC)(CNC(=O)c1ccnn1CC(C)C)NC(C)c1ccccc1. The van der Waals surface area contributed by atoms with Gasteiger partial charge in [-0.15, -0.1) is 0 Å². The number of hydrogen-bond acceptors (Lipinski definition) is 3. The van der Waals surface area contributed by atoms with Crippen LogP contribution < -0.4 is 10.6 Å². The summed E-state index contributed by atoms with van der Waals surface area (Å²) in [6.45, 7) is 12.1. The quantitative estimate of drug-likeness (QED) is 0.660. The van der Waals surface area contributed by atoms with E-state index in [1.165, 1.54) is 5.56 Å². The maximum absolute atomic E-state index is 12.7. The summed E-state index contributed by atoms with van der Waals surface area (Å²) in [5, 5.41) is 11.2. The maximum Gasteiger partial charge on any atom is 0.269 e. The smallest absolute Gasteiger partial charge is 0.269 e. The van der Waals surface area contributed by atoms with Crippen molar-refractivity contribution in [2.75, 3.05) is 6.54 Å². The standard InChI is InChI=1S/C22H34N4O/c1-6-22(7-2,25-18(5)19-11-9-8-10-12-19)16-23-21(27)20-13-14-24-26(20)15-17(3)4/h8-14,17-18,25H,6-7,15-16H2,1-5H3,(H,23,27). The van der Waals surface area contributed by atoms with Gasteiger partial charge in [-0.3, -0.25) is 9.48 Å². The third-order valence-corrected chi connectivity index (χ3v) is 5.25. The number of amides is 1. The van der Waals surface area contributed by atoms with E-state index >= 15 is 0 Å². The van der Waals surface area contributed by atoms with Gasteiger partial charge in [0.15, 0.2) is 0 Å². The van der Waals surface area contributed by atoms with Crippen LogP contribution in [0, 0.1) is 5.92 Å². The molecule has 2 aromatic rings. The number of nitrogens with one attached hydrogen (secondary N) is 2. The van der Waals surface area contributed by atoms with Crippen LogP contribution >= 0.6 is 0 Å². The molecule has 0 fully saturated rings. The van der Waals surface area contributed by atoms with E-state index in [4.69, 9.17) is 0 Å². The van der Waals surface area contributed by atoms with E-state index < -0.39 is 0 Å². The number of nitrogens with zero attached hydrogens (tertiary/aromatic N) is 2. The molecule has 1 atom stereocenters. The van der Waals surface area contributed by atoms with Crippen LogP contribution in [-0.2, 0) is 6.54 Å². The highest BCUT2D eigenvalue weighted by atomic mass is 16.2. The largest absolute Gasteiger partial charge is 0.349 e. The molecule has 0 spiro atoms. The van der Waals surface area contributed by atoms with Gasteiger partial charge in [0.25, 0.3) is 5.91 Å². The molecule has 1 aromatic heterocycles. The lowest BCUT2D eigenvalue weighted by Crippen LogP contribution is -2.53. The first kappa shape index (κ1) is 21.2. The van der Waals surface area contributed by atoms with Crippen LogP contribution in [0.4, 0.5) is 0 Å². The second kappa shape index (κ2) is 9.70. The highest BCUT2D eigenvalue weighted by molar-refractivity contribution is 5.92. The van der Waals surface area contributed by atoms with Crippen LogP contribution in [0.25, 0.3) is 0 Å². The molecule has 0 saturated carbocycles. The van der Waals surface area contributed by atoms with Gasteiger partial charge in [0.05, 0.1) is 0 Å². The van der Waals surface area contributed by atoms with Crippen molar-refractivity contribution < 1.29 is 4.79 Å². The van der Waals surface area contributed by atoms with Gasteiger partial charge < -0.3 is 10.6 Å². The minimum Gasteiger partial charge on any atom is -0.349 e. The second-order valence-electron chi connectivity index (χ2n) is 7.74. The van der Waals surface area contributed by atoms with Crippen molar-refractivity contribution in [2.24, 2.45) is 5.92 Å². The average Bonchev–Trinajstić information content (AvgIpc) is 3.13. The zero-order chi connectivity index (χ0) is 19.9. The molecule has 2 N–H and O–H groups in total. The molecular weight excluding hydrogens is 336 g/mol. The number of aromatic nitrogens is 2. The maximum atomic E-state index is 12.7. The molecule has 1 aromatic carbocycles. The number of benzene rings is 1. The summed E-state index contributed by atoms with van der Waals surface area (Å²) >= 11 is 0. The summed E-state index contributed by atoms with van der Waals surface area (Å²) in [4.78, 5) is 12.7. The molecule has 1 unspecified atom stereocenters.